The van der Waals surface area contributed by atoms with Gasteiger partial charge in [0.15, 0.2) is 6.29 Å². The smallest absolute Gasteiger partial charge is 0.167 e. The Bertz CT molecular complexity index is 76.9. The standard InChI is InChI=1S/C3H6N2O/c4-1-3(5)2-6/h1-2H,4-5H2/b3-1+. The predicted octanol–water partition coefficient (Wildman–Crippen LogP) is -1.06. The van der Waals surface area contributed by atoms with Crippen molar-refractivity contribution in [2.45, 2.75) is 0 Å². The Kier molecular flexibility index (Phi) is 1.89. The summed E-state index contributed by atoms with van der Waals surface area (Å²) in [4.78, 5) is 9.46. The molecule has 0 aromatic heterocycles. The molecule has 0 aromatic rings. The lowest BCUT2D eigenvalue weighted by molar-refractivity contribution is -0.104. The Morgan fingerprint density at radius 2 is 2.17 bits per heavy atom. The lowest BCUT2D eigenvalue weighted by Crippen LogP contribution is -2.00. The summed E-state index contributed by atoms with van der Waals surface area (Å²) in [6, 6.07) is 0. The molecule has 0 radical (unpaired) electrons. The zero-order chi connectivity index (χ0) is 4.99. The van der Waals surface area contributed by atoms with Gasteiger partial charge in [-0.1, -0.05) is 0 Å². The molecule has 0 aliphatic carbocycles. The Balaban J connectivity index is 3.50. The molecule has 34 valence electrons. The van der Waals surface area contributed by atoms with E-state index < -0.39 is 0 Å². The third-order valence-corrected chi connectivity index (χ3v) is 0.329. The van der Waals surface area contributed by atoms with E-state index >= 15 is 0 Å². The van der Waals surface area contributed by atoms with Crippen LogP contribution in [0.25, 0.3) is 0 Å². The van der Waals surface area contributed by atoms with Gasteiger partial charge in [-0.3, -0.25) is 4.79 Å². The topological polar surface area (TPSA) is 69.1 Å². The summed E-state index contributed by atoms with van der Waals surface area (Å²) < 4.78 is 0. The van der Waals surface area contributed by atoms with Crippen LogP contribution in [0.3, 0.4) is 0 Å². The van der Waals surface area contributed by atoms with Crippen molar-refractivity contribution in [1.82, 2.24) is 0 Å². The van der Waals surface area contributed by atoms with Crippen molar-refractivity contribution >= 4 is 6.29 Å². The molecule has 0 amide bonds. The third kappa shape index (κ3) is 1.34. The van der Waals surface area contributed by atoms with Gasteiger partial charge in [-0.25, -0.2) is 0 Å². The summed E-state index contributed by atoms with van der Waals surface area (Å²) in [5, 5.41) is 0. The summed E-state index contributed by atoms with van der Waals surface area (Å²) in [6.45, 7) is 0. The van der Waals surface area contributed by atoms with Crippen molar-refractivity contribution in [2.24, 2.45) is 11.5 Å². The van der Waals surface area contributed by atoms with E-state index in [2.05, 4.69) is 0 Å². The lowest BCUT2D eigenvalue weighted by atomic mass is 10.6. The van der Waals surface area contributed by atoms with Crippen LogP contribution in [0.15, 0.2) is 11.9 Å². The molecule has 0 aromatic carbocycles. The van der Waals surface area contributed by atoms with Crippen LogP contribution in [0.5, 0.6) is 0 Å². The lowest BCUT2D eigenvalue weighted by Gasteiger charge is -1.76. The first kappa shape index (κ1) is 5.01. The van der Waals surface area contributed by atoms with Gasteiger partial charge in [-0.05, 0) is 0 Å². The first-order valence-corrected chi connectivity index (χ1v) is 1.44. The number of hydrogen-bond acceptors (Lipinski definition) is 3. The molecule has 0 bridgehead atoms. The van der Waals surface area contributed by atoms with Gasteiger partial charge in [0.2, 0.25) is 0 Å². The van der Waals surface area contributed by atoms with Gasteiger partial charge >= 0.3 is 0 Å². The second-order valence-corrected chi connectivity index (χ2v) is 0.785. The Morgan fingerprint density at radius 3 is 2.17 bits per heavy atom. The van der Waals surface area contributed by atoms with Crippen molar-refractivity contribution in [3.63, 3.8) is 0 Å². The summed E-state index contributed by atoms with van der Waals surface area (Å²) in [5.41, 5.74) is 9.67. The van der Waals surface area contributed by atoms with Crippen molar-refractivity contribution in [3.8, 4) is 0 Å². The van der Waals surface area contributed by atoms with Crippen molar-refractivity contribution < 1.29 is 4.79 Å². The molecule has 0 aliphatic rings. The number of nitrogens with two attached hydrogens (primary N) is 2. The third-order valence-electron chi connectivity index (χ3n) is 0.329. The van der Waals surface area contributed by atoms with E-state index in [1.165, 1.54) is 0 Å². The zero-order valence-electron chi connectivity index (χ0n) is 3.22. The Morgan fingerprint density at radius 1 is 1.67 bits per heavy atom. The fraction of sp³-hybridized carbons (Fsp3) is 0. The van der Waals surface area contributed by atoms with Gasteiger partial charge in [0.25, 0.3) is 0 Å². The first-order chi connectivity index (χ1) is 2.81. The highest BCUT2D eigenvalue weighted by Crippen LogP contribution is 1.62. The van der Waals surface area contributed by atoms with Crippen LogP contribution in [0.1, 0.15) is 0 Å². The largest absolute Gasteiger partial charge is 0.403 e. The van der Waals surface area contributed by atoms with Crippen molar-refractivity contribution in [2.75, 3.05) is 0 Å². The van der Waals surface area contributed by atoms with Crippen LogP contribution >= 0.6 is 0 Å². The molecule has 0 saturated heterocycles. The highest BCUT2D eigenvalue weighted by Gasteiger charge is 1.73. The summed E-state index contributed by atoms with van der Waals surface area (Å²) in [5.74, 6) is 0. The van der Waals surface area contributed by atoms with E-state index in [-0.39, 0.29) is 5.70 Å². The van der Waals surface area contributed by atoms with Gasteiger partial charge in [0.1, 0.15) is 0 Å². The normalized spacial score (nSPS) is 11.0. The molecule has 0 aliphatic heterocycles. The summed E-state index contributed by atoms with van der Waals surface area (Å²) in [6.07, 6.45) is 1.53. The molecule has 0 heterocycles. The molecular weight excluding hydrogens is 80.0 g/mol. The summed E-state index contributed by atoms with van der Waals surface area (Å²) in [7, 11) is 0. The van der Waals surface area contributed by atoms with E-state index in [0.717, 1.165) is 6.20 Å². The molecule has 3 heteroatoms. The van der Waals surface area contributed by atoms with E-state index in [1.807, 2.05) is 0 Å². The minimum absolute atomic E-state index is 0.0648. The fourth-order valence-electron chi connectivity index (χ4n) is 0.0393. The molecule has 0 atom stereocenters. The number of carbonyl (C=O) groups excluding carboxylic acids is 1. The van der Waals surface area contributed by atoms with Crippen LogP contribution in [0.2, 0.25) is 0 Å². The molecule has 0 rings (SSSR count). The molecular formula is C3H6N2O. The van der Waals surface area contributed by atoms with Gasteiger partial charge in [-0.2, -0.15) is 0 Å². The van der Waals surface area contributed by atoms with Gasteiger partial charge in [0.05, 0.1) is 5.70 Å². The SMILES string of the molecule is N/C=C(/N)C=O. The molecule has 0 saturated carbocycles. The molecule has 6 heavy (non-hydrogen) atoms. The van der Waals surface area contributed by atoms with E-state index in [4.69, 9.17) is 11.5 Å². The quantitative estimate of drug-likeness (QED) is 0.316. The monoisotopic (exact) mass is 86.0 g/mol. The minimum atomic E-state index is 0.0648. The minimum Gasteiger partial charge on any atom is -0.403 e. The molecule has 0 spiro atoms. The van der Waals surface area contributed by atoms with Crippen LogP contribution in [0.4, 0.5) is 0 Å². The first-order valence-electron chi connectivity index (χ1n) is 1.44. The van der Waals surface area contributed by atoms with Crippen molar-refractivity contribution in [3.05, 3.63) is 11.9 Å². The molecule has 0 fully saturated rings. The van der Waals surface area contributed by atoms with E-state index in [0.29, 0.717) is 6.29 Å². The number of allylic oxidation sites excluding steroid dienone is 1. The van der Waals surface area contributed by atoms with Crippen LogP contribution in [-0.4, -0.2) is 6.29 Å². The van der Waals surface area contributed by atoms with E-state index in [1.54, 1.807) is 0 Å². The van der Waals surface area contributed by atoms with Gasteiger partial charge in [-0.15, -0.1) is 0 Å². The van der Waals surface area contributed by atoms with Crippen molar-refractivity contribution in [1.29, 1.82) is 0 Å². The van der Waals surface area contributed by atoms with Crippen LogP contribution in [0, 0.1) is 0 Å². The van der Waals surface area contributed by atoms with E-state index in [9.17, 15) is 4.79 Å². The number of hydrogen-bond donors (Lipinski definition) is 2. The average molecular weight is 86.1 g/mol. The molecule has 4 N–H and O–H groups in total. The molecule has 0 unspecified atom stereocenters. The highest BCUT2D eigenvalue weighted by molar-refractivity contribution is 5.71. The number of rotatable bonds is 1. The second-order valence-electron chi connectivity index (χ2n) is 0.785. The average Bonchev–Trinajstić information content (AvgIpc) is 1.65. The number of carbonyl (C=O) groups is 1. The van der Waals surface area contributed by atoms with Crippen LogP contribution in [-0.2, 0) is 4.79 Å². The number of aldehydes is 1. The second kappa shape index (κ2) is 2.26. The van der Waals surface area contributed by atoms with Crippen LogP contribution < -0.4 is 11.5 Å². The predicted molar refractivity (Wildman–Crippen MR) is 22.5 cm³/mol. The zero-order valence-corrected chi connectivity index (χ0v) is 3.22. The maximum absolute atomic E-state index is 9.46. The van der Waals surface area contributed by atoms with Gasteiger partial charge in [0, 0.05) is 6.20 Å². The highest BCUT2D eigenvalue weighted by atomic mass is 16.1. The molecule has 3 nitrogen and oxygen atoms in total. The fourth-order valence-corrected chi connectivity index (χ4v) is 0.0393. The summed E-state index contributed by atoms with van der Waals surface area (Å²) >= 11 is 0. The maximum Gasteiger partial charge on any atom is 0.167 e. The Hall–Kier alpha value is -0.990. The maximum atomic E-state index is 9.46. The Labute approximate surface area is 35.6 Å². The van der Waals surface area contributed by atoms with Gasteiger partial charge < -0.3 is 11.5 Å².